The number of methoxy groups -OCH3 is 2. The maximum atomic E-state index is 13.4. The molecule has 0 unspecified atom stereocenters. The Balaban J connectivity index is 1.77. The third-order valence-corrected chi connectivity index (χ3v) is 6.26. The number of ether oxygens (including phenoxy) is 2. The van der Waals surface area contributed by atoms with Gasteiger partial charge < -0.3 is 14.4 Å². The van der Waals surface area contributed by atoms with Crippen molar-refractivity contribution in [1.82, 2.24) is 5.32 Å². The van der Waals surface area contributed by atoms with E-state index in [0.717, 1.165) is 42.7 Å². The van der Waals surface area contributed by atoms with Crippen molar-refractivity contribution in [2.24, 2.45) is 0 Å². The normalized spacial score (nSPS) is 17.6. The Labute approximate surface area is 199 Å². The molecule has 1 N–H and O–H groups in total. The first-order valence-electron chi connectivity index (χ1n) is 10.8. The number of nitrogens with one attached hydrogen (secondary N) is 1. The molecule has 2 aromatic carbocycles. The van der Waals surface area contributed by atoms with Crippen molar-refractivity contribution in [3.05, 3.63) is 52.6 Å². The number of rotatable bonds is 5. The highest BCUT2D eigenvalue weighted by atomic mass is 32.1. The van der Waals surface area contributed by atoms with E-state index in [1.165, 1.54) is 11.0 Å². The molecule has 2 aliphatic rings. The van der Waals surface area contributed by atoms with Gasteiger partial charge >= 0.3 is 0 Å². The van der Waals surface area contributed by atoms with Gasteiger partial charge in [0, 0.05) is 24.7 Å². The van der Waals surface area contributed by atoms with Crippen molar-refractivity contribution >= 4 is 46.6 Å². The Bertz CT molecular complexity index is 1170. The lowest BCUT2D eigenvalue weighted by molar-refractivity contribution is -0.122. The summed E-state index contributed by atoms with van der Waals surface area (Å²) in [6.45, 7) is 5.78. The summed E-state index contributed by atoms with van der Waals surface area (Å²) in [7, 11) is 3.18. The van der Waals surface area contributed by atoms with Crippen LogP contribution in [0.5, 0.6) is 11.5 Å². The minimum atomic E-state index is -0.546. The lowest BCUT2D eigenvalue weighted by Gasteiger charge is -2.30. The second-order valence-electron chi connectivity index (χ2n) is 8.21. The molecule has 33 heavy (non-hydrogen) atoms. The first-order valence-corrected chi connectivity index (χ1v) is 11.2. The van der Waals surface area contributed by atoms with E-state index in [2.05, 4.69) is 10.2 Å². The molecule has 0 bridgehead atoms. The van der Waals surface area contributed by atoms with E-state index in [1.807, 2.05) is 38.1 Å². The number of benzene rings is 2. The minimum absolute atomic E-state index is 0.0298. The number of nitrogens with zero attached hydrogens (tertiary/aromatic N) is 2. The minimum Gasteiger partial charge on any atom is -0.496 e. The molecule has 2 saturated heterocycles. The smallest absolute Gasteiger partial charge is 0.270 e. The molecule has 2 amide bonds. The number of hydrogen-bond donors (Lipinski definition) is 1. The van der Waals surface area contributed by atoms with Crippen LogP contribution in [0.1, 0.15) is 29.5 Å². The van der Waals surface area contributed by atoms with Crippen LogP contribution in [0, 0.1) is 13.8 Å². The molecule has 0 saturated carbocycles. The van der Waals surface area contributed by atoms with Crippen molar-refractivity contribution in [3.63, 3.8) is 0 Å². The fraction of sp³-hybridized carbons (Fsp3) is 0.320. The summed E-state index contributed by atoms with van der Waals surface area (Å²) >= 11 is 5.34. The van der Waals surface area contributed by atoms with Crippen molar-refractivity contribution in [2.45, 2.75) is 26.7 Å². The van der Waals surface area contributed by atoms with Gasteiger partial charge in [0.25, 0.3) is 11.8 Å². The van der Waals surface area contributed by atoms with Gasteiger partial charge in [-0.2, -0.15) is 0 Å². The predicted octanol–water partition coefficient (Wildman–Crippen LogP) is 3.75. The van der Waals surface area contributed by atoms with Crippen molar-refractivity contribution in [1.29, 1.82) is 0 Å². The van der Waals surface area contributed by atoms with E-state index < -0.39 is 11.8 Å². The second kappa shape index (κ2) is 9.23. The Hall–Kier alpha value is -3.39. The first kappa shape index (κ1) is 22.8. The molecule has 2 heterocycles. The van der Waals surface area contributed by atoms with Gasteiger partial charge in [-0.25, -0.2) is 0 Å². The fourth-order valence-corrected chi connectivity index (χ4v) is 4.59. The van der Waals surface area contributed by atoms with Gasteiger partial charge in [-0.15, -0.1) is 0 Å². The highest BCUT2D eigenvalue weighted by molar-refractivity contribution is 7.80. The number of amides is 2. The van der Waals surface area contributed by atoms with Gasteiger partial charge in [-0.1, -0.05) is 17.7 Å². The average molecular weight is 466 g/mol. The zero-order valence-electron chi connectivity index (χ0n) is 19.2. The summed E-state index contributed by atoms with van der Waals surface area (Å²) in [5, 5.41) is 2.70. The zero-order chi connectivity index (χ0) is 23.7. The topological polar surface area (TPSA) is 71.1 Å². The van der Waals surface area contributed by atoms with Crippen molar-refractivity contribution in [2.75, 3.05) is 37.1 Å². The summed E-state index contributed by atoms with van der Waals surface area (Å²) < 4.78 is 11.2. The van der Waals surface area contributed by atoms with Crippen LogP contribution in [-0.2, 0) is 9.59 Å². The molecular formula is C25H27N3O4S. The van der Waals surface area contributed by atoms with E-state index in [4.69, 9.17) is 21.7 Å². The van der Waals surface area contributed by atoms with E-state index in [0.29, 0.717) is 22.7 Å². The quantitative estimate of drug-likeness (QED) is 0.412. The van der Waals surface area contributed by atoms with Crippen LogP contribution in [0.15, 0.2) is 35.9 Å². The van der Waals surface area contributed by atoms with Gasteiger partial charge in [-0.05, 0) is 62.7 Å². The number of thiocarbonyl (C=S) groups is 1. The van der Waals surface area contributed by atoms with Gasteiger partial charge in [-0.3, -0.25) is 19.8 Å². The molecule has 0 radical (unpaired) electrons. The highest BCUT2D eigenvalue weighted by Crippen LogP contribution is 2.38. The molecule has 2 aliphatic heterocycles. The van der Waals surface area contributed by atoms with Gasteiger partial charge in [0.05, 0.1) is 25.6 Å². The van der Waals surface area contributed by atoms with Crippen LogP contribution in [-0.4, -0.2) is 44.2 Å². The predicted molar refractivity (Wildman–Crippen MR) is 133 cm³/mol. The molecule has 0 aliphatic carbocycles. The van der Waals surface area contributed by atoms with Crippen LogP contribution < -0.4 is 24.6 Å². The number of hydrogen-bond acceptors (Lipinski definition) is 6. The SMILES string of the molecule is COc1cc(N2CCCC2)c(OC)cc1/C=C1\C(=O)NC(=S)N(c2ccc(C)cc2C)C1=O. The second-order valence-corrected chi connectivity index (χ2v) is 8.59. The van der Waals surface area contributed by atoms with Crippen LogP contribution in [0.4, 0.5) is 11.4 Å². The summed E-state index contributed by atoms with van der Waals surface area (Å²) in [5.41, 5.74) is 4.07. The van der Waals surface area contributed by atoms with E-state index in [9.17, 15) is 9.59 Å². The molecule has 0 aromatic heterocycles. The zero-order valence-corrected chi connectivity index (χ0v) is 20.0. The molecule has 172 valence electrons. The lowest BCUT2D eigenvalue weighted by Crippen LogP contribution is -2.54. The third kappa shape index (κ3) is 4.30. The van der Waals surface area contributed by atoms with Crippen LogP contribution in [0.3, 0.4) is 0 Å². The van der Waals surface area contributed by atoms with Crippen molar-refractivity contribution < 1.29 is 19.1 Å². The summed E-state index contributed by atoms with van der Waals surface area (Å²) in [6.07, 6.45) is 3.78. The monoisotopic (exact) mass is 465 g/mol. The van der Waals surface area contributed by atoms with Gasteiger partial charge in [0.15, 0.2) is 5.11 Å². The molecule has 0 atom stereocenters. The summed E-state index contributed by atoms with van der Waals surface area (Å²) in [5.74, 6) is 0.183. The maximum Gasteiger partial charge on any atom is 0.270 e. The van der Waals surface area contributed by atoms with E-state index >= 15 is 0 Å². The summed E-state index contributed by atoms with van der Waals surface area (Å²) in [6, 6.07) is 9.40. The highest BCUT2D eigenvalue weighted by Gasteiger charge is 2.35. The Kier molecular flexibility index (Phi) is 6.37. The fourth-order valence-electron chi connectivity index (χ4n) is 4.31. The maximum absolute atomic E-state index is 13.4. The molecule has 0 spiro atoms. The van der Waals surface area contributed by atoms with E-state index in [1.54, 1.807) is 20.3 Å². The largest absolute Gasteiger partial charge is 0.496 e. The first-order chi connectivity index (χ1) is 15.8. The molecular weight excluding hydrogens is 438 g/mol. The Morgan fingerprint density at radius 1 is 0.970 bits per heavy atom. The Morgan fingerprint density at radius 2 is 1.67 bits per heavy atom. The van der Waals surface area contributed by atoms with Crippen LogP contribution >= 0.6 is 12.2 Å². The number of carbonyl (C=O) groups is 2. The third-order valence-electron chi connectivity index (χ3n) is 5.97. The van der Waals surface area contributed by atoms with Crippen molar-refractivity contribution in [3.8, 4) is 11.5 Å². The van der Waals surface area contributed by atoms with Crippen LogP contribution in [0.25, 0.3) is 6.08 Å². The molecule has 2 fully saturated rings. The molecule has 7 nitrogen and oxygen atoms in total. The van der Waals surface area contributed by atoms with Crippen LogP contribution in [0.2, 0.25) is 0 Å². The molecule has 2 aromatic rings. The standard InChI is InChI=1S/C25H27N3O4S/c1-15-7-8-19(16(2)11-15)28-24(30)18(23(29)26-25(28)33)12-17-13-22(32-4)20(14-21(17)31-3)27-9-5-6-10-27/h7-8,11-14H,5-6,9-10H2,1-4H3,(H,26,29,33)/b18-12+. The van der Waals surface area contributed by atoms with Gasteiger partial charge in [0.2, 0.25) is 0 Å². The van der Waals surface area contributed by atoms with Gasteiger partial charge in [0.1, 0.15) is 17.1 Å². The number of anilines is 2. The molecule has 4 rings (SSSR count). The van der Waals surface area contributed by atoms with E-state index in [-0.39, 0.29) is 10.7 Å². The summed E-state index contributed by atoms with van der Waals surface area (Å²) in [4.78, 5) is 29.8. The average Bonchev–Trinajstić information content (AvgIpc) is 3.32. The number of aryl methyl sites for hydroxylation is 2. The lowest BCUT2D eigenvalue weighted by atomic mass is 10.0. The number of carbonyl (C=O) groups excluding carboxylic acids is 2. The Morgan fingerprint density at radius 3 is 2.30 bits per heavy atom. The molecule has 8 heteroatoms.